The fourth-order valence-corrected chi connectivity index (χ4v) is 3.72. The lowest BCUT2D eigenvalue weighted by atomic mass is 10.1. The molecule has 0 spiro atoms. The average molecular weight is 475 g/mol. The molecular formula is C26H23ClN4O3. The van der Waals surface area contributed by atoms with Gasteiger partial charge in [0, 0.05) is 5.02 Å². The summed E-state index contributed by atoms with van der Waals surface area (Å²) in [6.45, 7) is 3.72. The molecule has 172 valence electrons. The maximum absolute atomic E-state index is 13.3. The minimum Gasteiger partial charge on any atom is -0.344 e. The zero-order chi connectivity index (χ0) is 24.2. The molecule has 0 radical (unpaired) electrons. The monoisotopic (exact) mass is 474 g/mol. The van der Waals surface area contributed by atoms with E-state index in [0.29, 0.717) is 10.7 Å². The normalized spacial score (nSPS) is 11.7. The highest BCUT2D eigenvalue weighted by Gasteiger charge is 2.22. The second kappa shape index (κ2) is 9.89. The number of benzene rings is 3. The molecule has 1 amide bonds. The summed E-state index contributed by atoms with van der Waals surface area (Å²) in [7, 11) is 0. The Labute approximate surface area is 201 Å². The molecule has 7 nitrogen and oxygen atoms in total. The third-order valence-corrected chi connectivity index (χ3v) is 5.83. The number of carbonyl (C=O) groups is 1. The van der Waals surface area contributed by atoms with Crippen molar-refractivity contribution in [1.82, 2.24) is 19.7 Å². The molecule has 34 heavy (non-hydrogen) atoms. The number of carbonyl (C=O) groups excluding carboxylic acids is 1. The number of nitrogens with one attached hydrogen (secondary N) is 1. The summed E-state index contributed by atoms with van der Waals surface area (Å²) in [5.74, 6) is -0.664. The van der Waals surface area contributed by atoms with Gasteiger partial charge in [-0.25, -0.2) is 4.79 Å². The summed E-state index contributed by atoms with van der Waals surface area (Å²) >= 11 is 5.99. The van der Waals surface area contributed by atoms with Crippen LogP contribution in [-0.4, -0.2) is 20.3 Å². The van der Waals surface area contributed by atoms with Crippen LogP contribution in [0.5, 0.6) is 0 Å². The predicted octanol–water partition coefficient (Wildman–Crippen LogP) is 3.90. The minimum atomic E-state index is -0.753. The first-order valence-electron chi connectivity index (χ1n) is 10.8. The van der Waals surface area contributed by atoms with Crippen LogP contribution in [0.25, 0.3) is 5.69 Å². The van der Waals surface area contributed by atoms with Crippen molar-refractivity contribution in [2.75, 3.05) is 0 Å². The van der Waals surface area contributed by atoms with Gasteiger partial charge in [0.2, 0.25) is 5.69 Å². The van der Waals surface area contributed by atoms with Gasteiger partial charge in [-0.15, -0.1) is 0 Å². The van der Waals surface area contributed by atoms with Crippen LogP contribution >= 0.6 is 11.6 Å². The van der Waals surface area contributed by atoms with Gasteiger partial charge in [-0.05, 0) is 54.8 Å². The van der Waals surface area contributed by atoms with E-state index < -0.39 is 17.2 Å². The second-order valence-electron chi connectivity index (χ2n) is 7.94. The summed E-state index contributed by atoms with van der Waals surface area (Å²) in [4.78, 5) is 39.8. The van der Waals surface area contributed by atoms with Crippen molar-refractivity contribution in [3.63, 3.8) is 0 Å². The van der Waals surface area contributed by atoms with Gasteiger partial charge in [-0.1, -0.05) is 66.2 Å². The van der Waals surface area contributed by atoms with Crippen molar-refractivity contribution < 1.29 is 4.79 Å². The first-order chi connectivity index (χ1) is 16.3. The topological polar surface area (TPSA) is 86.0 Å². The van der Waals surface area contributed by atoms with E-state index in [1.165, 1.54) is 0 Å². The third kappa shape index (κ3) is 4.84. The highest BCUT2D eigenvalue weighted by molar-refractivity contribution is 6.30. The molecule has 0 aliphatic heterocycles. The lowest BCUT2D eigenvalue weighted by Gasteiger charge is -2.16. The number of rotatable bonds is 6. The Kier molecular flexibility index (Phi) is 6.75. The van der Waals surface area contributed by atoms with E-state index >= 15 is 0 Å². The van der Waals surface area contributed by atoms with Crippen molar-refractivity contribution in [3.05, 3.63) is 127 Å². The lowest BCUT2D eigenvalue weighted by molar-refractivity contribution is 0.0930. The molecule has 1 heterocycles. The average Bonchev–Trinajstić information content (AvgIpc) is 2.84. The van der Waals surface area contributed by atoms with E-state index in [9.17, 15) is 14.4 Å². The molecule has 0 bridgehead atoms. The highest BCUT2D eigenvalue weighted by Crippen LogP contribution is 2.13. The summed E-state index contributed by atoms with van der Waals surface area (Å²) in [6, 6.07) is 22.9. The van der Waals surface area contributed by atoms with Gasteiger partial charge in [0.15, 0.2) is 0 Å². The predicted molar refractivity (Wildman–Crippen MR) is 132 cm³/mol. The second-order valence-corrected chi connectivity index (χ2v) is 8.38. The zero-order valence-electron chi connectivity index (χ0n) is 18.7. The molecule has 0 aliphatic rings. The third-order valence-electron chi connectivity index (χ3n) is 5.58. The number of nitrogens with zero attached hydrogens (tertiary/aromatic N) is 3. The summed E-state index contributed by atoms with van der Waals surface area (Å²) in [5.41, 5.74) is 1.21. The highest BCUT2D eigenvalue weighted by atomic mass is 35.5. The van der Waals surface area contributed by atoms with Gasteiger partial charge >= 0.3 is 5.69 Å². The minimum absolute atomic E-state index is 0.00890. The van der Waals surface area contributed by atoms with Gasteiger partial charge in [-0.2, -0.15) is 9.78 Å². The van der Waals surface area contributed by atoms with Crippen LogP contribution in [0.15, 0.2) is 88.5 Å². The molecule has 0 fully saturated rings. The van der Waals surface area contributed by atoms with Crippen molar-refractivity contribution in [2.45, 2.75) is 26.4 Å². The van der Waals surface area contributed by atoms with Crippen LogP contribution in [0, 0.1) is 6.92 Å². The molecule has 1 aromatic heterocycles. The number of aromatic nitrogens is 3. The van der Waals surface area contributed by atoms with Gasteiger partial charge in [0.25, 0.3) is 11.5 Å². The maximum atomic E-state index is 13.3. The van der Waals surface area contributed by atoms with E-state index in [0.717, 1.165) is 25.9 Å². The summed E-state index contributed by atoms with van der Waals surface area (Å²) < 4.78 is 2.09. The van der Waals surface area contributed by atoms with Crippen LogP contribution in [0.3, 0.4) is 0 Å². The number of hydrogen-bond donors (Lipinski definition) is 1. The van der Waals surface area contributed by atoms with E-state index in [-0.39, 0.29) is 18.3 Å². The fourth-order valence-electron chi connectivity index (χ4n) is 3.59. The molecule has 0 saturated heterocycles. The van der Waals surface area contributed by atoms with Crippen molar-refractivity contribution in [3.8, 4) is 5.69 Å². The largest absolute Gasteiger partial charge is 0.352 e. The van der Waals surface area contributed by atoms with E-state index in [4.69, 9.17) is 11.6 Å². The SMILES string of the molecule is Cc1ccccc1Cn1c(=O)c(C(=O)NC(C)c2ccccc2)nn(-c2ccc(Cl)cc2)c1=O. The maximum Gasteiger partial charge on any atom is 0.352 e. The van der Waals surface area contributed by atoms with Gasteiger partial charge < -0.3 is 5.32 Å². The van der Waals surface area contributed by atoms with E-state index in [1.807, 2.05) is 68.4 Å². The molecular weight excluding hydrogens is 452 g/mol. The molecule has 3 aromatic carbocycles. The van der Waals surface area contributed by atoms with Crippen LogP contribution in [0.4, 0.5) is 0 Å². The first kappa shape index (κ1) is 23.2. The Morgan fingerprint density at radius 2 is 1.62 bits per heavy atom. The molecule has 1 unspecified atom stereocenters. The Bertz CT molecular complexity index is 1440. The number of aryl methyl sites for hydroxylation is 1. The zero-order valence-corrected chi connectivity index (χ0v) is 19.5. The lowest BCUT2D eigenvalue weighted by Crippen LogP contribution is -2.46. The Morgan fingerprint density at radius 3 is 2.29 bits per heavy atom. The molecule has 4 aromatic rings. The summed E-state index contributed by atoms with van der Waals surface area (Å²) in [5, 5.41) is 7.46. The standard InChI is InChI=1S/C26H23ClN4O3/c1-17-8-6-7-11-20(17)16-30-25(33)23(24(32)28-18(2)19-9-4-3-5-10-19)29-31(26(30)34)22-14-12-21(27)13-15-22/h3-15,18H,16H2,1-2H3,(H,28,32). The van der Waals surface area contributed by atoms with Crippen molar-refractivity contribution in [1.29, 1.82) is 0 Å². The van der Waals surface area contributed by atoms with Crippen molar-refractivity contribution >= 4 is 17.5 Å². The van der Waals surface area contributed by atoms with E-state index in [1.54, 1.807) is 24.3 Å². The molecule has 0 aliphatic carbocycles. The van der Waals surface area contributed by atoms with Gasteiger partial charge in [-0.3, -0.25) is 14.2 Å². The van der Waals surface area contributed by atoms with Crippen molar-refractivity contribution in [2.24, 2.45) is 0 Å². The smallest absolute Gasteiger partial charge is 0.344 e. The number of halogens is 1. The molecule has 1 N–H and O–H groups in total. The van der Waals surface area contributed by atoms with Crippen LogP contribution in [-0.2, 0) is 6.54 Å². The molecule has 4 rings (SSSR count). The Balaban J connectivity index is 1.82. The fraction of sp³-hybridized carbons (Fsp3) is 0.154. The van der Waals surface area contributed by atoms with Crippen LogP contribution in [0.1, 0.15) is 40.1 Å². The molecule has 0 saturated carbocycles. The Morgan fingerprint density at radius 1 is 0.971 bits per heavy atom. The number of amides is 1. The van der Waals surface area contributed by atoms with Gasteiger partial charge in [0.1, 0.15) is 0 Å². The molecule has 1 atom stereocenters. The Hall–Kier alpha value is -3.97. The molecule has 8 heteroatoms. The van der Waals surface area contributed by atoms with Gasteiger partial charge in [0.05, 0.1) is 18.3 Å². The number of hydrogen-bond acceptors (Lipinski definition) is 4. The van der Waals surface area contributed by atoms with Crippen LogP contribution < -0.4 is 16.6 Å². The first-order valence-corrected chi connectivity index (χ1v) is 11.1. The quantitative estimate of drug-likeness (QED) is 0.459. The summed E-state index contributed by atoms with van der Waals surface area (Å²) in [6.07, 6.45) is 0. The van der Waals surface area contributed by atoms with E-state index in [2.05, 4.69) is 10.4 Å². The van der Waals surface area contributed by atoms with Crippen LogP contribution in [0.2, 0.25) is 5.02 Å².